The van der Waals surface area contributed by atoms with Crippen LogP contribution in [0.5, 0.6) is 0 Å². The Labute approximate surface area is 101 Å². The minimum atomic E-state index is 0.924. The molecular formula is C13H16N4. The van der Waals surface area contributed by atoms with Crippen LogP contribution >= 0.6 is 0 Å². The number of nitrogens with one attached hydrogen (secondary N) is 1. The third-order valence-electron chi connectivity index (χ3n) is 3.21. The van der Waals surface area contributed by atoms with Gasteiger partial charge >= 0.3 is 0 Å². The van der Waals surface area contributed by atoms with Crippen LogP contribution in [0.25, 0.3) is 11.3 Å². The van der Waals surface area contributed by atoms with Crippen LogP contribution in [0.2, 0.25) is 0 Å². The maximum Gasteiger partial charge on any atom is 0.0697 e. The topological polar surface area (TPSA) is 42.7 Å². The van der Waals surface area contributed by atoms with E-state index in [1.165, 1.54) is 11.3 Å². The van der Waals surface area contributed by atoms with Crippen LogP contribution in [0.1, 0.15) is 17.0 Å². The first-order valence-electron chi connectivity index (χ1n) is 5.93. The standard InChI is InChI=1S/C13H16N4/c1-9-5-13(17(2)16-9)11-6-10-7-14-4-3-12(10)15-8-11/h5-6,8,14H,3-4,7H2,1-2H3. The summed E-state index contributed by atoms with van der Waals surface area (Å²) in [4.78, 5) is 4.56. The lowest BCUT2D eigenvalue weighted by atomic mass is 10.0. The Hall–Kier alpha value is -1.68. The molecule has 0 aliphatic carbocycles. The first kappa shape index (κ1) is 10.5. The molecule has 0 aromatic carbocycles. The third-order valence-corrected chi connectivity index (χ3v) is 3.21. The van der Waals surface area contributed by atoms with Gasteiger partial charge in [-0.25, -0.2) is 0 Å². The van der Waals surface area contributed by atoms with Crippen LogP contribution in [-0.2, 0) is 20.0 Å². The van der Waals surface area contributed by atoms with Gasteiger partial charge in [-0.2, -0.15) is 5.10 Å². The molecule has 0 amide bonds. The van der Waals surface area contributed by atoms with Crippen molar-refractivity contribution in [3.8, 4) is 11.3 Å². The molecule has 0 atom stereocenters. The average Bonchev–Trinajstić information content (AvgIpc) is 2.68. The Bertz CT molecular complexity index is 557. The van der Waals surface area contributed by atoms with Crippen LogP contribution in [0.15, 0.2) is 18.3 Å². The SMILES string of the molecule is Cc1cc(-c2cnc3c(c2)CNCC3)n(C)n1. The van der Waals surface area contributed by atoms with Crippen molar-refractivity contribution in [3.63, 3.8) is 0 Å². The van der Waals surface area contributed by atoms with Crippen molar-refractivity contribution < 1.29 is 0 Å². The first-order chi connectivity index (χ1) is 8.24. The van der Waals surface area contributed by atoms with E-state index in [4.69, 9.17) is 0 Å². The van der Waals surface area contributed by atoms with Gasteiger partial charge in [0, 0.05) is 44.0 Å². The van der Waals surface area contributed by atoms with Gasteiger partial charge < -0.3 is 5.32 Å². The summed E-state index contributed by atoms with van der Waals surface area (Å²) in [5.74, 6) is 0. The fourth-order valence-corrected chi connectivity index (χ4v) is 2.37. The average molecular weight is 228 g/mol. The zero-order chi connectivity index (χ0) is 11.8. The summed E-state index contributed by atoms with van der Waals surface area (Å²) < 4.78 is 1.91. The summed E-state index contributed by atoms with van der Waals surface area (Å²) in [6, 6.07) is 4.32. The van der Waals surface area contributed by atoms with E-state index >= 15 is 0 Å². The molecule has 0 bridgehead atoms. The Morgan fingerprint density at radius 1 is 1.35 bits per heavy atom. The molecule has 3 rings (SSSR count). The molecule has 4 nitrogen and oxygen atoms in total. The molecule has 0 fully saturated rings. The van der Waals surface area contributed by atoms with E-state index in [0.717, 1.165) is 36.5 Å². The van der Waals surface area contributed by atoms with E-state index in [2.05, 4.69) is 27.5 Å². The predicted molar refractivity (Wildman–Crippen MR) is 66.6 cm³/mol. The number of rotatable bonds is 1. The molecule has 0 saturated carbocycles. The lowest BCUT2D eigenvalue weighted by Crippen LogP contribution is -2.24. The predicted octanol–water partition coefficient (Wildman–Crippen LogP) is 1.44. The van der Waals surface area contributed by atoms with Gasteiger partial charge in [0.1, 0.15) is 0 Å². The Kier molecular flexibility index (Phi) is 2.44. The zero-order valence-corrected chi connectivity index (χ0v) is 10.2. The second-order valence-electron chi connectivity index (χ2n) is 4.55. The van der Waals surface area contributed by atoms with Crippen LogP contribution in [0.3, 0.4) is 0 Å². The Balaban J connectivity index is 2.06. The van der Waals surface area contributed by atoms with E-state index in [9.17, 15) is 0 Å². The van der Waals surface area contributed by atoms with E-state index in [1.54, 1.807) is 0 Å². The van der Waals surface area contributed by atoms with Crippen molar-refractivity contribution in [2.75, 3.05) is 6.54 Å². The van der Waals surface area contributed by atoms with Gasteiger partial charge in [0.15, 0.2) is 0 Å². The smallest absolute Gasteiger partial charge is 0.0697 e. The molecule has 0 unspecified atom stereocenters. The minimum absolute atomic E-state index is 0.924. The molecule has 1 aliphatic rings. The van der Waals surface area contributed by atoms with Crippen LogP contribution in [0, 0.1) is 6.92 Å². The van der Waals surface area contributed by atoms with Crippen molar-refractivity contribution in [2.24, 2.45) is 7.05 Å². The van der Waals surface area contributed by atoms with E-state index in [0.29, 0.717) is 0 Å². The molecule has 88 valence electrons. The number of aryl methyl sites for hydroxylation is 2. The first-order valence-corrected chi connectivity index (χ1v) is 5.93. The monoisotopic (exact) mass is 228 g/mol. The highest BCUT2D eigenvalue weighted by atomic mass is 15.3. The second kappa shape index (κ2) is 3.96. The number of hydrogen-bond donors (Lipinski definition) is 1. The van der Waals surface area contributed by atoms with Crippen molar-refractivity contribution in [1.29, 1.82) is 0 Å². The summed E-state index contributed by atoms with van der Waals surface area (Å²) in [6.45, 7) is 3.97. The van der Waals surface area contributed by atoms with E-state index in [-0.39, 0.29) is 0 Å². The van der Waals surface area contributed by atoms with Gasteiger partial charge in [0.25, 0.3) is 0 Å². The maximum atomic E-state index is 4.56. The minimum Gasteiger partial charge on any atom is -0.312 e. The summed E-state index contributed by atoms with van der Waals surface area (Å²) in [5.41, 5.74) is 5.86. The summed E-state index contributed by atoms with van der Waals surface area (Å²) >= 11 is 0. The Morgan fingerprint density at radius 2 is 2.24 bits per heavy atom. The number of aromatic nitrogens is 3. The van der Waals surface area contributed by atoms with E-state index in [1.807, 2.05) is 24.9 Å². The normalized spacial score (nSPS) is 14.7. The highest BCUT2D eigenvalue weighted by Crippen LogP contribution is 2.22. The summed E-state index contributed by atoms with van der Waals surface area (Å²) in [5, 5.41) is 7.75. The third kappa shape index (κ3) is 1.85. The zero-order valence-electron chi connectivity index (χ0n) is 10.2. The molecule has 0 spiro atoms. The second-order valence-corrected chi connectivity index (χ2v) is 4.55. The lowest BCUT2D eigenvalue weighted by molar-refractivity contribution is 0.630. The molecule has 0 saturated heterocycles. The van der Waals surface area contributed by atoms with E-state index < -0.39 is 0 Å². The van der Waals surface area contributed by atoms with Crippen molar-refractivity contribution in [2.45, 2.75) is 19.9 Å². The fourth-order valence-electron chi connectivity index (χ4n) is 2.37. The van der Waals surface area contributed by atoms with Crippen molar-refractivity contribution >= 4 is 0 Å². The number of nitrogens with zero attached hydrogens (tertiary/aromatic N) is 3. The lowest BCUT2D eigenvalue weighted by Gasteiger charge is -2.16. The van der Waals surface area contributed by atoms with Crippen LogP contribution in [0.4, 0.5) is 0 Å². The molecule has 17 heavy (non-hydrogen) atoms. The molecule has 0 radical (unpaired) electrons. The number of pyridine rings is 1. The van der Waals surface area contributed by atoms with Crippen molar-refractivity contribution in [1.82, 2.24) is 20.1 Å². The van der Waals surface area contributed by atoms with Gasteiger partial charge in [-0.15, -0.1) is 0 Å². The maximum absolute atomic E-state index is 4.56. The molecule has 3 heterocycles. The van der Waals surface area contributed by atoms with Crippen LogP contribution in [-0.4, -0.2) is 21.3 Å². The molecule has 2 aromatic rings. The number of fused-ring (bicyclic) bond motifs is 1. The van der Waals surface area contributed by atoms with Gasteiger partial charge in [-0.05, 0) is 24.6 Å². The highest BCUT2D eigenvalue weighted by molar-refractivity contribution is 5.60. The van der Waals surface area contributed by atoms with Gasteiger partial charge in [-0.3, -0.25) is 9.67 Å². The largest absolute Gasteiger partial charge is 0.312 e. The molecule has 1 N–H and O–H groups in total. The van der Waals surface area contributed by atoms with Gasteiger partial charge in [-0.1, -0.05) is 0 Å². The molecular weight excluding hydrogens is 212 g/mol. The molecule has 1 aliphatic heterocycles. The summed E-state index contributed by atoms with van der Waals surface area (Å²) in [6.07, 6.45) is 2.99. The van der Waals surface area contributed by atoms with Crippen molar-refractivity contribution in [3.05, 3.63) is 35.3 Å². The quantitative estimate of drug-likeness (QED) is 0.803. The highest BCUT2D eigenvalue weighted by Gasteiger charge is 2.12. The van der Waals surface area contributed by atoms with Crippen LogP contribution < -0.4 is 5.32 Å². The Morgan fingerprint density at radius 3 is 3.00 bits per heavy atom. The van der Waals surface area contributed by atoms with Gasteiger partial charge in [0.05, 0.1) is 11.4 Å². The number of hydrogen-bond acceptors (Lipinski definition) is 3. The molecule has 4 heteroatoms. The fraction of sp³-hybridized carbons (Fsp3) is 0.385. The molecule has 2 aromatic heterocycles. The summed E-state index contributed by atoms with van der Waals surface area (Å²) in [7, 11) is 1.97. The van der Waals surface area contributed by atoms with Gasteiger partial charge in [0.2, 0.25) is 0 Å².